The molecule has 0 unspecified atom stereocenters. The van der Waals surface area contributed by atoms with E-state index in [0.29, 0.717) is 11.3 Å². The van der Waals surface area contributed by atoms with Gasteiger partial charge >= 0.3 is 0 Å². The van der Waals surface area contributed by atoms with Crippen molar-refractivity contribution in [3.8, 4) is 11.3 Å². The summed E-state index contributed by atoms with van der Waals surface area (Å²) in [5.41, 5.74) is 4.27. The third-order valence-electron chi connectivity index (χ3n) is 5.13. The molecule has 1 aromatic heterocycles. The molecule has 2 aromatic rings. The van der Waals surface area contributed by atoms with Crippen LogP contribution in [-0.2, 0) is 11.2 Å². The Bertz CT molecular complexity index is 940. The number of carbonyl (C=O) groups excluding carboxylic acids is 1. The summed E-state index contributed by atoms with van der Waals surface area (Å²) in [6.45, 7) is 2.02. The Hall–Kier alpha value is -2.88. The second-order valence-electron chi connectivity index (χ2n) is 6.56. The van der Waals surface area contributed by atoms with Crippen molar-refractivity contribution in [3.05, 3.63) is 76.3 Å². The topological polar surface area (TPSA) is 64.2 Å². The number of nitrogens with zero attached hydrogens (tertiary/aromatic N) is 1. The van der Waals surface area contributed by atoms with Gasteiger partial charge in [-0.1, -0.05) is 19.1 Å². The minimum absolute atomic E-state index is 0.0198. The third kappa shape index (κ3) is 2.45. The average molecular weight is 333 g/mol. The lowest BCUT2D eigenvalue weighted by Crippen LogP contribution is -2.28. The molecule has 1 N–H and O–H groups in total. The van der Waals surface area contributed by atoms with E-state index in [1.54, 1.807) is 12.1 Å². The number of Topliss-reactive ketones (excluding diaryl/α,β-unsaturated/α-hetero) is 1. The summed E-state index contributed by atoms with van der Waals surface area (Å²) in [6.07, 6.45) is 5.60. The number of fused-ring (bicyclic) bond motifs is 1. The number of hydrogen-bond donors (Lipinski definition) is 1. The zero-order chi connectivity index (χ0) is 17.6. The first kappa shape index (κ1) is 15.6. The Morgan fingerprint density at radius 2 is 2.12 bits per heavy atom. The van der Waals surface area contributed by atoms with Gasteiger partial charge in [0.05, 0.1) is 5.57 Å². The van der Waals surface area contributed by atoms with Crippen LogP contribution in [0, 0.1) is 11.1 Å². The molecule has 0 amide bonds. The minimum Gasteiger partial charge on any atom is -0.618 e. The second kappa shape index (κ2) is 5.88. The molecule has 1 aromatic carbocycles. The number of allylic oxidation sites excluding steroid dienone is 3. The molecule has 0 radical (unpaired) electrons. The Labute approximate surface area is 146 Å². The Balaban J connectivity index is 1.91. The number of aromatic nitrogens is 1. The fourth-order valence-corrected chi connectivity index (χ4v) is 3.78. The zero-order valence-corrected chi connectivity index (χ0v) is 14.0. The predicted molar refractivity (Wildman–Crippen MR) is 95.6 cm³/mol. The van der Waals surface area contributed by atoms with E-state index in [9.17, 15) is 15.1 Å². The quantitative estimate of drug-likeness (QED) is 0.687. The summed E-state index contributed by atoms with van der Waals surface area (Å²) in [6, 6.07) is 10.9. The number of benzene rings is 1. The maximum Gasteiger partial charge on any atom is 0.223 e. The van der Waals surface area contributed by atoms with Crippen LogP contribution in [0.4, 0.5) is 0 Å². The van der Waals surface area contributed by atoms with Gasteiger partial charge in [-0.15, -0.1) is 0 Å². The average Bonchev–Trinajstić information content (AvgIpc) is 3.08. The molecule has 4 rings (SSSR count). The maximum atomic E-state index is 12.8. The lowest BCUT2D eigenvalue weighted by Gasteiger charge is -2.19. The van der Waals surface area contributed by atoms with Crippen LogP contribution >= 0.6 is 0 Å². The number of aryl methyl sites for hydroxylation is 1. The molecule has 0 fully saturated rings. The van der Waals surface area contributed by atoms with E-state index in [1.807, 2.05) is 37.3 Å². The molecule has 1 atom stereocenters. The first-order valence-corrected chi connectivity index (χ1v) is 8.60. The van der Waals surface area contributed by atoms with Crippen LogP contribution in [0.2, 0.25) is 0 Å². The molecule has 0 saturated heterocycles. The number of rotatable bonds is 3. The monoisotopic (exact) mass is 333 g/mol. The highest BCUT2D eigenvalue weighted by molar-refractivity contribution is 6.25. The van der Waals surface area contributed by atoms with Crippen LogP contribution in [-0.4, -0.2) is 10.9 Å². The van der Waals surface area contributed by atoms with Gasteiger partial charge in [0.15, 0.2) is 12.0 Å². The molecule has 1 heterocycles. The molecule has 0 saturated carbocycles. The molecular formula is C21H19NO3. The molecule has 25 heavy (non-hydrogen) atoms. The van der Waals surface area contributed by atoms with E-state index in [4.69, 9.17) is 0 Å². The van der Waals surface area contributed by atoms with Crippen LogP contribution in [0.3, 0.4) is 0 Å². The van der Waals surface area contributed by atoms with Gasteiger partial charge in [-0.2, -0.15) is 4.73 Å². The lowest BCUT2D eigenvalue weighted by molar-refractivity contribution is -0.593. The van der Waals surface area contributed by atoms with Crippen molar-refractivity contribution in [2.75, 3.05) is 0 Å². The van der Waals surface area contributed by atoms with E-state index in [-0.39, 0.29) is 17.5 Å². The first-order valence-electron chi connectivity index (χ1n) is 8.60. The molecule has 4 heteroatoms. The van der Waals surface area contributed by atoms with E-state index >= 15 is 0 Å². The standard InChI is InChI=1S/C21H19NO3/c1-2-13-6-7-14(18-5-3-4-10-22(18)25)12-17(13)19-20(23)15-8-9-16(11-15)21(19)24/h3-7,10-12,15,24H,2,8-9H2,1H3/t15-/m1/s1. The number of aliphatic hydroxyl groups is 1. The van der Waals surface area contributed by atoms with Crippen LogP contribution in [0.5, 0.6) is 0 Å². The normalized spacial score (nSPS) is 19.3. The summed E-state index contributed by atoms with van der Waals surface area (Å²) >= 11 is 0. The second-order valence-corrected chi connectivity index (χ2v) is 6.56. The van der Waals surface area contributed by atoms with Crippen LogP contribution in [0.1, 0.15) is 30.9 Å². The van der Waals surface area contributed by atoms with E-state index in [2.05, 4.69) is 0 Å². The van der Waals surface area contributed by atoms with Crippen LogP contribution < -0.4 is 4.73 Å². The summed E-state index contributed by atoms with van der Waals surface area (Å²) in [7, 11) is 0. The van der Waals surface area contributed by atoms with Crippen molar-refractivity contribution in [3.63, 3.8) is 0 Å². The zero-order valence-electron chi connectivity index (χ0n) is 14.0. The lowest BCUT2D eigenvalue weighted by atomic mass is 9.85. The Morgan fingerprint density at radius 3 is 2.88 bits per heavy atom. The fourth-order valence-electron chi connectivity index (χ4n) is 3.78. The smallest absolute Gasteiger partial charge is 0.223 e. The van der Waals surface area contributed by atoms with Crippen LogP contribution in [0.25, 0.3) is 16.8 Å². The van der Waals surface area contributed by atoms with Gasteiger partial charge in [0, 0.05) is 23.6 Å². The van der Waals surface area contributed by atoms with Crippen molar-refractivity contribution in [2.45, 2.75) is 26.2 Å². The third-order valence-corrected chi connectivity index (χ3v) is 5.13. The minimum atomic E-state index is -0.129. The van der Waals surface area contributed by atoms with E-state index in [1.165, 1.54) is 6.20 Å². The van der Waals surface area contributed by atoms with Crippen molar-refractivity contribution in [1.29, 1.82) is 0 Å². The summed E-state index contributed by atoms with van der Waals surface area (Å²) in [5, 5.41) is 22.7. The fraction of sp³-hybridized carbons (Fsp3) is 0.238. The van der Waals surface area contributed by atoms with Crippen molar-refractivity contribution >= 4 is 11.4 Å². The Kier molecular flexibility index (Phi) is 3.68. The molecule has 2 aliphatic carbocycles. The highest BCUT2D eigenvalue weighted by Gasteiger charge is 2.36. The van der Waals surface area contributed by atoms with Gasteiger partial charge in [0.25, 0.3) is 0 Å². The maximum absolute atomic E-state index is 12.8. The summed E-state index contributed by atoms with van der Waals surface area (Å²) in [5.74, 6) is -0.0437. The molecule has 4 nitrogen and oxygen atoms in total. The van der Waals surface area contributed by atoms with Crippen molar-refractivity contribution in [1.82, 2.24) is 0 Å². The van der Waals surface area contributed by atoms with Crippen molar-refractivity contribution in [2.24, 2.45) is 5.92 Å². The molecule has 126 valence electrons. The first-order chi connectivity index (χ1) is 12.1. The Morgan fingerprint density at radius 1 is 1.28 bits per heavy atom. The van der Waals surface area contributed by atoms with Gasteiger partial charge in [-0.3, -0.25) is 4.79 Å². The van der Waals surface area contributed by atoms with E-state index in [0.717, 1.165) is 46.3 Å². The SMILES string of the molecule is CCc1ccc(-c2cccc[n+]2[O-])cc1C1=C(O)C2=C[C@@H](CC2)C1=O. The molecule has 0 aliphatic heterocycles. The summed E-state index contributed by atoms with van der Waals surface area (Å²) < 4.78 is 0.813. The molecule has 0 spiro atoms. The van der Waals surface area contributed by atoms with Gasteiger partial charge in [-0.05, 0) is 54.2 Å². The van der Waals surface area contributed by atoms with Gasteiger partial charge in [0.1, 0.15) is 5.76 Å². The summed E-state index contributed by atoms with van der Waals surface area (Å²) in [4.78, 5) is 12.8. The number of pyridine rings is 1. The molecule has 2 aliphatic rings. The highest BCUT2D eigenvalue weighted by atomic mass is 16.5. The highest BCUT2D eigenvalue weighted by Crippen LogP contribution is 2.42. The number of aliphatic hydroxyl groups excluding tert-OH is 1. The van der Waals surface area contributed by atoms with Crippen molar-refractivity contribution < 1.29 is 14.6 Å². The molecular weight excluding hydrogens is 314 g/mol. The number of ketones is 1. The number of carbonyl (C=O) groups is 1. The largest absolute Gasteiger partial charge is 0.618 e. The predicted octanol–water partition coefficient (Wildman–Crippen LogP) is 3.74. The molecule has 2 bridgehead atoms. The van der Waals surface area contributed by atoms with E-state index < -0.39 is 0 Å². The van der Waals surface area contributed by atoms with Gasteiger partial charge in [0.2, 0.25) is 5.69 Å². The number of hydrogen-bond acceptors (Lipinski definition) is 3. The van der Waals surface area contributed by atoms with Gasteiger partial charge in [-0.25, -0.2) is 0 Å². The van der Waals surface area contributed by atoms with Crippen LogP contribution in [0.15, 0.2) is 60.0 Å². The van der Waals surface area contributed by atoms with Gasteiger partial charge < -0.3 is 10.3 Å².